The Labute approximate surface area is 208 Å². The molecule has 194 valence electrons. The molecule has 3 N–H and O–H groups in total. The lowest BCUT2D eigenvalue weighted by Gasteiger charge is -2.34. The second-order valence-corrected chi connectivity index (χ2v) is 9.72. The molecule has 1 aromatic carbocycles. The number of β-amino-alcohol motifs (C(OH)–C–C–N with tert-alkyl or cyclic N) is 1. The zero-order valence-corrected chi connectivity index (χ0v) is 20.1. The molecule has 10 heteroatoms. The Bertz CT molecular complexity index is 1070. The maximum atomic E-state index is 12.9. The number of hydrogen-bond acceptors (Lipinski definition) is 5. The number of rotatable bonds is 6. The van der Waals surface area contributed by atoms with Crippen molar-refractivity contribution in [3.05, 3.63) is 65.0 Å². The van der Waals surface area contributed by atoms with E-state index in [0.29, 0.717) is 25.0 Å². The molecule has 2 heterocycles. The van der Waals surface area contributed by atoms with Crippen molar-refractivity contribution in [2.75, 3.05) is 19.6 Å². The molecule has 1 aromatic heterocycles. The number of nitrogens with zero attached hydrogens (tertiary/aromatic N) is 2. The standard InChI is InChI=1S/C26H31F3N4O3/c1-16-5-10-21(30-12-16)17-6-8-20(9-7-17)33-14-22(23(34)15-33)32-24(35)13-31-25(36)18-3-2-4-19(11-18)26(27,28)29/h2-5,10-12,17,20,22-23,34H,6-9,13-15H2,1H3,(H,31,36)(H,32,35)/t17?,20?,22-,23-/m0/s1. The van der Waals surface area contributed by atoms with Crippen LogP contribution in [0.25, 0.3) is 0 Å². The molecule has 2 aliphatic rings. The first kappa shape index (κ1) is 26.1. The van der Waals surface area contributed by atoms with E-state index in [9.17, 15) is 27.9 Å². The molecule has 0 unspecified atom stereocenters. The average molecular weight is 505 g/mol. The minimum atomic E-state index is -4.56. The van der Waals surface area contributed by atoms with Crippen molar-refractivity contribution in [3.8, 4) is 0 Å². The van der Waals surface area contributed by atoms with Gasteiger partial charge in [-0.25, -0.2) is 0 Å². The van der Waals surface area contributed by atoms with Crippen LogP contribution in [0.4, 0.5) is 13.2 Å². The molecule has 0 spiro atoms. The van der Waals surface area contributed by atoms with Gasteiger partial charge in [-0.05, 0) is 62.4 Å². The number of aryl methyl sites for hydroxylation is 1. The molecule has 2 atom stereocenters. The van der Waals surface area contributed by atoms with E-state index in [1.807, 2.05) is 13.1 Å². The lowest BCUT2D eigenvalue weighted by molar-refractivity contribution is -0.137. The SMILES string of the molecule is Cc1ccc(C2CCC(N3C[C@H](NC(=O)CNC(=O)c4cccc(C(F)(F)F)c4)[C@@H](O)C3)CC2)nc1. The van der Waals surface area contributed by atoms with Crippen LogP contribution in [0.15, 0.2) is 42.6 Å². The number of benzene rings is 1. The lowest BCUT2D eigenvalue weighted by Crippen LogP contribution is -2.47. The van der Waals surface area contributed by atoms with Crippen LogP contribution in [-0.2, 0) is 11.0 Å². The highest BCUT2D eigenvalue weighted by atomic mass is 19.4. The fourth-order valence-electron chi connectivity index (χ4n) is 5.07. The van der Waals surface area contributed by atoms with E-state index in [1.54, 1.807) is 0 Å². The third kappa shape index (κ3) is 6.41. The van der Waals surface area contributed by atoms with Crippen molar-refractivity contribution in [2.45, 2.75) is 62.9 Å². The van der Waals surface area contributed by atoms with Gasteiger partial charge < -0.3 is 15.7 Å². The molecule has 2 fully saturated rings. The van der Waals surface area contributed by atoms with Gasteiger partial charge in [0.15, 0.2) is 0 Å². The van der Waals surface area contributed by atoms with Gasteiger partial charge in [-0.2, -0.15) is 13.2 Å². The molecular formula is C26H31F3N4O3. The number of aromatic nitrogens is 1. The van der Waals surface area contributed by atoms with Gasteiger partial charge in [0.2, 0.25) is 5.91 Å². The van der Waals surface area contributed by atoms with E-state index in [2.05, 4.69) is 32.7 Å². The van der Waals surface area contributed by atoms with Crippen molar-refractivity contribution in [3.63, 3.8) is 0 Å². The maximum Gasteiger partial charge on any atom is 0.416 e. The Kier molecular flexibility index (Phi) is 7.94. The van der Waals surface area contributed by atoms with E-state index in [-0.39, 0.29) is 5.56 Å². The van der Waals surface area contributed by atoms with Crippen LogP contribution in [0.5, 0.6) is 0 Å². The molecular weight excluding hydrogens is 473 g/mol. The summed E-state index contributed by atoms with van der Waals surface area (Å²) in [5, 5.41) is 15.6. The summed E-state index contributed by atoms with van der Waals surface area (Å²) in [4.78, 5) is 31.4. The van der Waals surface area contributed by atoms with Gasteiger partial charge in [0, 0.05) is 42.5 Å². The van der Waals surface area contributed by atoms with Crippen molar-refractivity contribution >= 4 is 11.8 Å². The molecule has 1 saturated carbocycles. The first-order valence-electron chi connectivity index (χ1n) is 12.2. The highest BCUT2D eigenvalue weighted by Gasteiger charge is 2.37. The maximum absolute atomic E-state index is 12.9. The van der Waals surface area contributed by atoms with E-state index >= 15 is 0 Å². The van der Waals surface area contributed by atoms with Gasteiger partial charge >= 0.3 is 6.18 Å². The van der Waals surface area contributed by atoms with E-state index in [1.165, 1.54) is 6.07 Å². The topological polar surface area (TPSA) is 94.6 Å². The van der Waals surface area contributed by atoms with Crippen molar-refractivity contribution < 1.29 is 27.9 Å². The van der Waals surface area contributed by atoms with Gasteiger partial charge in [0.1, 0.15) is 0 Å². The molecule has 0 bridgehead atoms. The zero-order chi connectivity index (χ0) is 25.9. The first-order chi connectivity index (χ1) is 17.1. The number of nitrogens with one attached hydrogen (secondary N) is 2. The van der Waals surface area contributed by atoms with E-state index < -0.39 is 42.2 Å². The average Bonchev–Trinajstić information content (AvgIpc) is 3.22. The van der Waals surface area contributed by atoms with Crippen LogP contribution in [0.2, 0.25) is 0 Å². The van der Waals surface area contributed by atoms with Crippen molar-refractivity contribution in [1.29, 1.82) is 0 Å². The number of alkyl halides is 3. The fraction of sp³-hybridized carbons (Fsp3) is 0.500. The molecule has 2 aromatic rings. The summed E-state index contributed by atoms with van der Waals surface area (Å²) < 4.78 is 38.6. The van der Waals surface area contributed by atoms with Crippen LogP contribution in [0.3, 0.4) is 0 Å². The summed E-state index contributed by atoms with van der Waals surface area (Å²) in [5.41, 5.74) is 1.15. The van der Waals surface area contributed by atoms with Crippen LogP contribution < -0.4 is 10.6 Å². The predicted octanol–water partition coefficient (Wildman–Crippen LogP) is 3.03. The Hall–Kier alpha value is -2.98. The lowest BCUT2D eigenvalue weighted by atomic mass is 9.83. The van der Waals surface area contributed by atoms with Gasteiger partial charge in [-0.3, -0.25) is 19.5 Å². The molecule has 0 radical (unpaired) electrons. The summed E-state index contributed by atoms with van der Waals surface area (Å²) in [6.45, 7) is 2.59. The molecule has 7 nitrogen and oxygen atoms in total. The van der Waals surface area contributed by atoms with Gasteiger partial charge in [-0.1, -0.05) is 12.1 Å². The summed E-state index contributed by atoms with van der Waals surface area (Å²) in [6.07, 6.45) is 0.617. The molecule has 2 amide bonds. The Morgan fingerprint density at radius 1 is 1.11 bits per heavy atom. The second-order valence-electron chi connectivity index (χ2n) is 9.72. The number of amides is 2. The van der Waals surface area contributed by atoms with Crippen LogP contribution >= 0.6 is 0 Å². The fourth-order valence-corrected chi connectivity index (χ4v) is 5.07. The van der Waals surface area contributed by atoms with Gasteiger partial charge in [-0.15, -0.1) is 0 Å². The van der Waals surface area contributed by atoms with Crippen molar-refractivity contribution in [1.82, 2.24) is 20.5 Å². The molecule has 36 heavy (non-hydrogen) atoms. The molecule has 1 aliphatic carbocycles. The van der Waals surface area contributed by atoms with E-state index in [0.717, 1.165) is 55.1 Å². The minimum absolute atomic E-state index is 0.179. The number of likely N-dealkylation sites (tertiary alicyclic amines) is 1. The monoisotopic (exact) mass is 504 g/mol. The summed E-state index contributed by atoms with van der Waals surface area (Å²) in [7, 11) is 0. The van der Waals surface area contributed by atoms with E-state index in [4.69, 9.17) is 0 Å². The number of aliphatic hydroxyl groups is 1. The number of carbonyl (C=O) groups excluding carboxylic acids is 2. The molecule has 1 saturated heterocycles. The summed E-state index contributed by atoms with van der Waals surface area (Å²) in [5.74, 6) is -0.842. The smallest absolute Gasteiger partial charge is 0.390 e. The first-order valence-corrected chi connectivity index (χ1v) is 12.2. The Morgan fingerprint density at radius 3 is 2.53 bits per heavy atom. The number of aliphatic hydroxyl groups excluding tert-OH is 1. The van der Waals surface area contributed by atoms with Crippen LogP contribution in [-0.4, -0.2) is 64.6 Å². The highest BCUT2D eigenvalue weighted by Crippen LogP contribution is 2.35. The Morgan fingerprint density at radius 2 is 1.86 bits per heavy atom. The number of pyridine rings is 1. The quantitative estimate of drug-likeness (QED) is 0.562. The van der Waals surface area contributed by atoms with Crippen molar-refractivity contribution in [2.24, 2.45) is 0 Å². The minimum Gasteiger partial charge on any atom is -0.390 e. The third-order valence-electron chi connectivity index (χ3n) is 7.09. The highest BCUT2D eigenvalue weighted by molar-refractivity contribution is 5.96. The van der Waals surface area contributed by atoms with Crippen LogP contribution in [0, 0.1) is 6.92 Å². The van der Waals surface area contributed by atoms with Crippen LogP contribution in [0.1, 0.15) is 58.8 Å². The number of hydrogen-bond donors (Lipinski definition) is 3. The Balaban J connectivity index is 1.23. The predicted molar refractivity (Wildman–Crippen MR) is 127 cm³/mol. The summed E-state index contributed by atoms with van der Waals surface area (Å²) in [6, 6.07) is 8.05. The van der Waals surface area contributed by atoms with Gasteiger partial charge in [0.05, 0.1) is 24.3 Å². The molecule has 1 aliphatic heterocycles. The van der Waals surface area contributed by atoms with Gasteiger partial charge in [0.25, 0.3) is 5.91 Å². The largest absolute Gasteiger partial charge is 0.416 e. The molecule has 4 rings (SSSR count). The number of halogens is 3. The third-order valence-corrected chi connectivity index (χ3v) is 7.09. The number of carbonyl (C=O) groups is 2. The normalized spacial score (nSPS) is 24.9. The second kappa shape index (κ2) is 11.0. The summed E-state index contributed by atoms with van der Waals surface area (Å²) >= 11 is 0. The zero-order valence-electron chi connectivity index (χ0n) is 20.1.